The molecule has 6 heteroatoms. The molecule has 1 unspecified atom stereocenters. The highest BCUT2D eigenvalue weighted by Gasteiger charge is 2.19. The van der Waals surface area contributed by atoms with Crippen molar-refractivity contribution in [1.82, 2.24) is 0 Å². The molecule has 456 valence electrons. The summed E-state index contributed by atoms with van der Waals surface area (Å²) < 4.78 is 16.9. The van der Waals surface area contributed by atoms with Crippen molar-refractivity contribution in [3.8, 4) is 0 Å². The van der Waals surface area contributed by atoms with Crippen LogP contribution in [0.2, 0.25) is 0 Å². The molecule has 81 heavy (non-hydrogen) atoms. The summed E-state index contributed by atoms with van der Waals surface area (Å²) in [4.78, 5) is 38.3. The molecule has 0 spiro atoms. The second-order valence-corrected chi connectivity index (χ2v) is 21.3. The van der Waals surface area contributed by atoms with E-state index in [1.807, 2.05) is 0 Å². The van der Waals surface area contributed by atoms with Crippen LogP contribution in [0.25, 0.3) is 0 Å². The first-order chi connectivity index (χ1) is 40.0. The fourth-order valence-corrected chi connectivity index (χ4v) is 8.62. The highest BCUT2D eigenvalue weighted by Crippen LogP contribution is 2.14. The van der Waals surface area contributed by atoms with E-state index in [-0.39, 0.29) is 31.1 Å². The maximum atomic E-state index is 12.9. The van der Waals surface area contributed by atoms with E-state index >= 15 is 0 Å². The molecular weight excluding hydrogens is 997 g/mol. The van der Waals surface area contributed by atoms with Crippen LogP contribution in [0, 0.1) is 0 Å². The highest BCUT2D eigenvalue weighted by molar-refractivity contribution is 5.71. The maximum Gasteiger partial charge on any atom is 0.306 e. The second-order valence-electron chi connectivity index (χ2n) is 21.3. The Morgan fingerprint density at radius 1 is 0.259 bits per heavy atom. The molecule has 0 heterocycles. The number of hydrogen-bond donors (Lipinski definition) is 0. The minimum absolute atomic E-state index is 0.102. The summed E-state index contributed by atoms with van der Waals surface area (Å²) in [6.45, 7) is 6.37. The van der Waals surface area contributed by atoms with Crippen molar-refractivity contribution in [1.29, 1.82) is 0 Å². The highest BCUT2D eigenvalue weighted by atomic mass is 16.6. The number of carbonyl (C=O) groups is 3. The van der Waals surface area contributed by atoms with Gasteiger partial charge in [0, 0.05) is 19.3 Å². The number of ether oxygens (including phenoxy) is 3. The normalized spacial score (nSPS) is 13.2. The zero-order chi connectivity index (χ0) is 58.5. The van der Waals surface area contributed by atoms with Crippen molar-refractivity contribution in [2.24, 2.45) is 0 Å². The van der Waals surface area contributed by atoms with Gasteiger partial charge in [0.05, 0.1) is 0 Å². The van der Waals surface area contributed by atoms with Gasteiger partial charge in [-0.1, -0.05) is 269 Å². The number of unbranched alkanes of at least 4 members (excludes halogenated alkanes) is 21. The smallest absolute Gasteiger partial charge is 0.306 e. The molecule has 0 amide bonds. The van der Waals surface area contributed by atoms with Crippen LogP contribution in [-0.4, -0.2) is 37.2 Å². The lowest BCUT2D eigenvalue weighted by atomic mass is 10.1. The molecule has 0 rings (SSSR count). The molecule has 0 aliphatic rings. The predicted molar refractivity (Wildman–Crippen MR) is 352 cm³/mol. The van der Waals surface area contributed by atoms with Gasteiger partial charge in [-0.2, -0.15) is 0 Å². The van der Waals surface area contributed by atoms with Gasteiger partial charge in [-0.15, -0.1) is 0 Å². The maximum absolute atomic E-state index is 12.9. The molecular formula is C75H120O6. The number of esters is 3. The van der Waals surface area contributed by atoms with E-state index in [0.29, 0.717) is 19.3 Å². The molecule has 0 bridgehead atoms. The largest absolute Gasteiger partial charge is 0.462 e. The van der Waals surface area contributed by atoms with Crippen LogP contribution in [0.15, 0.2) is 158 Å². The average molecular weight is 1120 g/mol. The first-order valence-electron chi connectivity index (χ1n) is 33.0. The van der Waals surface area contributed by atoms with Crippen molar-refractivity contribution in [2.75, 3.05) is 13.2 Å². The first kappa shape index (κ1) is 76.0. The quantitative estimate of drug-likeness (QED) is 0.0261. The summed E-state index contributed by atoms with van der Waals surface area (Å²) in [6.07, 6.45) is 98.2. The van der Waals surface area contributed by atoms with E-state index in [4.69, 9.17) is 14.2 Å². The lowest BCUT2D eigenvalue weighted by Gasteiger charge is -2.18. The molecule has 0 aliphatic carbocycles. The number of allylic oxidation sites excluding steroid dienone is 26. The monoisotopic (exact) mass is 1120 g/mol. The molecule has 0 saturated carbocycles. The molecule has 0 aromatic heterocycles. The number of rotatable bonds is 58. The molecule has 6 nitrogen and oxygen atoms in total. The van der Waals surface area contributed by atoms with Gasteiger partial charge < -0.3 is 14.2 Å². The molecule has 0 saturated heterocycles. The fraction of sp³-hybridized carbons (Fsp3) is 0.613. The first-order valence-corrected chi connectivity index (χ1v) is 33.0. The number of hydrogen-bond acceptors (Lipinski definition) is 6. The van der Waals surface area contributed by atoms with Crippen LogP contribution in [0.4, 0.5) is 0 Å². The zero-order valence-corrected chi connectivity index (χ0v) is 52.2. The van der Waals surface area contributed by atoms with E-state index in [2.05, 4.69) is 179 Å². The Balaban J connectivity index is 4.43. The number of carbonyl (C=O) groups excluding carboxylic acids is 3. The van der Waals surface area contributed by atoms with Crippen LogP contribution < -0.4 is 0 Å². The summed E-state index contributed by atoms with van der Waals surface area (Å²) in [5.41, 5.74) is 0. The van der Waals surface area contributed by atoms with Crippen LogP contribution in [0.1, 0.15) is 278 Å². The third kappa shape index (κ3) is 65.7. The predicted octanol–water partition coefficient (Wildman–Crippen LogP) is 22.9. The molecule has 0 fully saturated rings. The van der Waals surface area contributed by atoms with Gasteiger partial charge in [-0.3, -0.25) is 14.4 Å². The Kier molecular flexibility index (Phi) is 63.4. The Morgan fingerprint density at radius 2 is 0.481 bits per heavy atom. The topological polar surface area (TPSA) is 78.9 Å². The third-order valence-corrected chi connectivity index (χ3v) is 13.5. The van der Waals surface area contributed by atoms with Crippen LogP contribution >= 0.6 is 0 Å². The van der Waals surface area contributed by atoms with Crippen LogP contribution in [-0.2, 0) is 28.6 Å². The standard InChI is InChI=1S/C75H120O6/c1-4-7-10-13-16-19-22-25-28-30-31-32-33-34-35-36-37-38-39-40-41-42-43-45-47-50-53-56-59-62-65-68-74(77)80-71-72(70-79-73(76)67-64-61-58-55-52-49-46-27-24-21-18-15-12-9-6-3)81-75(78)69-66-63-60-57-54-51-48-44-29-26-23-20-17-14-11-8-5-2/h7-8,10-11,16-17,19-20,25-29,31-32,34-35,37-38,40-41,43,45-46,50,53,72H,4-6,9,12-15,18,21-24,30,33,36,39,42,44,47-49,51-52,54-71H2,1-3H3/b10-7-,11-8-,19-16-,20-17-,28-25-,29-26-,32-31-,35-34-,38-37-,41-40-,45-43-,46-27-,53-50-. The van der Waals surface area contributed by atoms with Crippen molar-refractivity contribution in [2.45, 2.75) is 284 Å². The lowest BCUT2D eigenvalue weighted by Crippen LogP contribution is -2.30. The molecule has 1 atom stereocenters. The molecule has 0 radical (unpaired) electrons. The van der Waals surface area contributed by atoms with Gasteiger partial charge in [0.1, 0.15) is 13.2 Å². The summed E-state index contributed by atoms with van der Waals surface area (Å²) >= 11 is 0. The van der Waals surface area contributed by atoms with Gasteiger partial charge >= 0.3 is 17.9 Å². The Bertz CT molecular complexity index is 1810. The summed E-state index contributed by atoms with van der Waals surface area (Å²) in [5, 5.41) is 0. The van der Waals surface area contributed by atoms with E-state index in [1.165, 1.54) is 77.0 Å². The van der Waals surface area contributed by atoms with E-state index in [0.717, 1.165) is 161 Å². The van der Waals surface area contributed by atoms with Crippen LogP contribution in [0.5, 0.6) is 0 Å². The van der Waals surface area contributed by atoms with Crippen molar-refractivity contribution in [3.63, 3.8) is 0 Å². The van der Waals surface area contributed by atoms with E-state index < -0.39 is 6.10 Å². The van der Waals surface area contributed by atoms with Gasteiger partial charge in [-0.25, -0.2) is 0 Å². The van der Waals surface area contributed by atoms with Gasteiger partial charge in [0.25, 0.3) is 0 Å². The van der Waals surface area contributed by atoms with Gasteiger partial charge in [0.2, 0.25) is 0 Å². The zero-order valence-electron chi connectivity index (χ0n) is 52.2. The molecule has 0 aliphatic heterocycles. The molecule has 0 aromatic carbocycles. The van der Waals surface area contributed by atoms with E-state index in [9.17, 15) is 14.4 Å². The van der Waals surface area contributed by atoms with Gasteiger partial charge in [0.15, 0.2) is 6.10 Å². The van der Waals surface area contributed by atoms with Crippen molar-refractivity contribution in [3.05, 3.63) is 158 Å². The summed E-state index contributed by atoms with van der Waals surface area (Å²) in [5.74, 6) is -0.955. The third-order valence-electron chi connectivity index (χ3n) is 13.5. The van der Waals surface area contributed by atoms with Crippen molar-refractivity contribution >= 4 is 17.9 Å². The summed E-state index contributed by atoms with van der Waals surface area (Å²) in [7, 11) is 0. The van der Waals surface area contributed by atoms with Crippen molar-refractivity contribution < 1.29 is 28.6 Å². The molecule has 0 N–H and O–H groups in total. The second kappa shape index (κ2) is 67.5. The van der Waals surface area contributed by atoms with Crippen LogP contribution in [0.3, 0.4) is 0 Å². The Morgan fingerprint density at radius 3 is 0.778 bits per heavy atom. The Labute approximate surface area is 499 Å². The fourth-order valence-electron chi connectivity index (χ4n) is 8.62. The minimum Gasteiger partial charge on any atom is -0.462 e. The van der Waals surface area contributed by atoms with E-state index in [1.54, 1.807) is 0 Å². The SMILES string of the molecule is CC/C=C\C/C=C\C/C=C\C/C=C\C/C=C\C/C=C\C/C=C\C/C=C\C/C=C\CCCCCC(=O)OCC(COC(=O)CCCCCCC/C=C\CCCCCCCC)OC(=O)CCCCCCCCC/C=C\C/C=C\C/C=C\CC. The Hall–Kier alpha value is -4.97. The summed E-state index contributed by atoms with van der Waals surface area (Å²) in [6, 6.07) is 0. The lowest BCUT2D eigenvalue weighted by molar-refractivity contribution is -0.167. The minimum atomic E-state index is -0.809. The molecule has 0 aromatic rings. The van der Waals surface area contributed by atoms with Gasteiger partial charge in [-0.05, 0) is 148 Å². The average Bonchev–Trinajstić information content (AvgIpc) is 3.47.